The molecule has 218 valence electrons. The second kappa shape index (κ2) is 10.7. The van der Waals surface area contributed by atoms with Crippen molar-refractivity contribution in [2.24, 2.45) is 0 Å². The van der Waals surface area contributed by atoms with E-state index in [4.69, 9.17) is 14.2 Å². The molecule has 0 bridgehead atoms. The molecule has 2 aliphatic heterocycles. The lowest BCUT2D eigenvalue weighted by molar-refractivity contribution is -0.166. The summed E-state index contributed by atoms with van der Waals surface area (Å²) in [6, 6.07) is 21.9. The molecule has 0 saturated carbocycles. The lowest BCUT2D eigenvalue weighted by atomic mass is 9.76. The van der Waals surface area contributed by atoms with E-state index in [1.54, 1.807) is 24.0 Å². The molecule has 0 spiro atoms. The summed E-state index contributed by atoms with van der Waals surface area (Å²) in [5, 5.41) is 1.05. The number of amides is 2. The summed E-state index contributed by atoms with van der Waals surface area (Å²) in [5.41, 5.74) is 3.69. The van der Waals surface area contributed by atoms with E-state index in [2.05, 4.69) is 11.1 Å². The monoisotopic (exact) mass is 567 g/mol. The minimum absolute atomic E-state index is 0.00464. The van der Waals surface area contributed by atoms with E-state index in [0.29, 0.717) is 31.0 Å². The van der Waals surface area contributed by atoms with Crippen molar-refractivity contribution in [1.29, 1.82) is 0 Å². The summed E-state index contributed by atoms with van der Waals surface area (Å²) >= 11 is 0. The lowest BCUT2D eigenvalue weighted by Crippen LogP contribution is -2.67. The highest BCUT2D eigenvalue weighted by Gasteiger charge is 2.56. The molecular weight excluding hydrogens is 530 g/mol. The number of benzene rings is 3. The summed E-state index contributed by atoms with van der Waals surface area (Å²) in [4.78, 5) is 35.2. The zero-order valence-corrected chi connectivity index (χ0v) is 24.8. The van der Waals surface area contributed by atoms with Gasteiger partial charge in [0.25, 0.3) is 5.91 Å². The third-order valence-corrected chi connectivity index (χ3v) is 8.60. The first-order chi connectivity index (χ1) is 20.2. The number of nitrogens with zero attached hydrogens (tertiary/aromatic N) is 2. The van der Waals surface area contributed by atoms with Gasteiger partial charge in [-0.15, -0.1) is 0 Å². The zero-order chi connectivity index (χ0) is 29.6. The van der Waals surface area contributed by atoms with Gasteiger partial charge in [-0.1, -0.05) is 36.4 Å². The Morgan fingerprint density at radius 3 is 2.45 bits per heavy atom. The van der Waals surface area contributed by atoms with Crippen molar-refractivity contribution >= 4 is 22.7 Å². The van der Waals surface area contributed by atoms with E-state index >= 15 is 0 Å². The standard InChI is InChI=1S/C34H37N3O5/c1-21(2)42-28-15-12-23(18-29(28)41-5)26-19-37-30(38)20-36(17-16-22-10-13-24(40-4)14-11-22)33(39)34(37,3)32-31(26)25-8-6-7-9-27(25)35-32/h6-15,18,21,26,35H,16-17,19-20H2,1-5H3/t26-,34-/m0/s1. The molecular formula is C34H37N3O5. The summed E-state index contributed by atoms with van der Waals surface area (Å²) in [7, 11) is 3.27. The van der Waals surface area contributed by atoms with Crippen molar-refractivity contribution in [3.63, 3.8) is 0 Å². The van der Waals surface area contributed by atoms with Crippen LogP contribution in [0.1, 0.15) is 49.1 Å². The average Bonchev–Trinajstić information content (AvgIpc) is 3.39. The maximum absolute atomic E-state index is 14.3. The molecule has 0 aliphatic carbocycles. The van der Waals surface area contributed by atoms with Crippen LogP contribution >= 0.6 is 0 Å². The normalized spacial score (nSPS) is 20.1. The molecule has 1 saturated heterocycles. The first-order valence-corrected chi connectivity index (χ1v) is 14.4. The van der Waals surface area contributed by atoms with Crippen LogP contribution in [0.15, 0.2) is 66.7 Å². The molecule has 1 fully saturated rings. The zero-order valence-electron chi connectivity index (χ0n) is 24.8. The fourth-order valence-electron chi connectivity index (χ4n) is 6.46. The van der Waals surface area contributed by atoms with Crippen LogP contribution in [0.2, 0.25) is 0 Å². The topological polar surface area (TPSA) is 84.1 Å². The van der Waals surface area contributed by atoms with Gasteiger partial charge in [-0.2, -0.15) is 0 Å². The Balaban J connectivity index is 1.40. The van der Waals surface area contributed by atoms with E-state index in [1.807, 2.05) is 81.4 Å². The number of hydrogen-bond donors (Lipinski definition) is 1. The van der Waals surface area contributed by atoms with Crippen LogP contribution in [0.3, 0.4) is 0 Å². The minimum Gasteiger partial charge on any atom is -0.497 e. The van der Waals surface area contributed by atoms with Gasteiger partial charge in [-0.3, -0.25) is 9.59 Å². The molecule has 3 heterocycles. The molecule has 0 radical (unpaired) electrons. The van der Waals surface area contributed by atoms with Gasteiger partial charge in [-0.25, -0.2) is 0 Å². The van der Waals surface area contributed by atoms with E-state index in [9.17, 15) is 9.59 Å². The van der Waals surface area contributed by atoms with Crippen molar-refractivity contribution in [2.75, 3.05) is 33.9 Å². The third-order valence-electron chi connectivity index (χ3n) is 8.60. The lowest BCUT2D eigenvalue weighted by Gasteiger charge is -2.51. The Morgan fingerprint density at radius 2 is 1.74 bits per heavy atom. The number of hydrogen-bond acceptors (Lipinski definition) is 5. The smallest absolute Gasteiger partial charge is 0.254 e. The van der Waals surface area contributed by atoms with Gasteiger partial charge >= 0.3 is 0 Å². The molecule has 42 heavy (non-hydrogen) atoms. The van der Waals surface area contributed by atoms with Crippen LogP contribution in [0.4, 0.5) is 0 Å². The second-order valence-corrected chi connectivity index (χ2v) is 11.5. The predicted molar refractivity (Wildman–Crippen MR) is 161 cm³/mol. The van der Waals surface area contributed by atoms with Crippen molar-refractivity contribution in [3.05, 3.63) is 89.1 Å². The Labute approximate surface area is 246 Å². The van der Waals surface area contributed by atoms with Crippen LogP contribution in [0, 0.1) is 0 Å². The van der Waals surface area contributed by atoms with Gasteiger partial charge in [0.05, 0.1) is 32.6 Å². The van der Waals surface area contributed by atoms with Crippen molar-refractivity contribution in [1.82, 2.24) is 14.8 Å². The summed E-state index contributed by atoms with van der Waals surface area (Å²) in [6.07, 6.45) is 0.649. The number of aromatic amines is 1. The van der Waals surface area contributed by atoms with Gasteiger partial charge in [0, 0.05) is 29.9 Å². The van der Waals surface area contributed by atoms with Crippen molar-refractivity contribution < 1.29 is 23.8 Å². The number of H-pyrrole nitrogens is 1. The highest BCUT2D eigenvalue weighted by molar-refractivity contribution is 6.01. The highest BCUT2D eigenvalue weighted by atomic mass is 16.5. The maximum Gasteiger partial charge on any atom is 0.254 e. The number of rotatable bonds is 8. The van der Waals surface area contributed by atoms with Gasteiger partial charge in [0.15, 0.2) is 17.0 Å². The predicted octanol–water partition coefficient (Wildman–Crippen LogP) is 5.25. The molecule has 8 heteroatoms. The quantitative estimate of drug-likeness (QED) is 0.315. The van der Waals surface area contributed by atoms with Crippen LogP contribution in [0.25, 0.3) is 10.9 Å². The Bertz CT molecular complexity index is 1640. The number of methoxy groups -OCH3 is 2. The highest BCUT2D eigenvalue weighted by Crippen LogP contribution is 2.49. The van der Waals surface area contributed by atoms with Crippen LogP contribution in [-0.2, 0) is 21.5 Å². The number of nitrogens with one attached hydrogen (secondary N) is 1. The largest absolute Gasteiger partial charge is 0.497 e. The Morgan fingerprint density at radius 1 is 0.976 bits per heavy atom. The van der Waals surface area contributed by atoms with Crippen molar-refractivity contribution in [2.45, 2.75) is 44.8 Å². The first-order valence-electron chi connectivity index (χ1n) is 14.4. The molecule has 2 amide bonds. The van der Waals surface area contributed by atoms with Gasteiger partial charge < -0.3 is 29.0 Å². The van der Waals surface area contributed by atoms with Crippen molar-refractivity contribution in [3.8, 4) is 17.2 Å². The molecule has 1 aromatic heterocycles. The maximum atomic E-state index is 14.3. The van der Waals surface area contributed by atoms with Crippen LogP contribution < -0.4 is 14.2 Å². The number of piperazine rings is 1. The number of ether oxygens (including phenoxy) is 3. The number of para-hydroxylation sites is 1. The fraction of sp³-hybridized carbons (Fsp3) is 0.353. The molecule has 0 unspecified atom stereocenters. The number of fused-ring (bicyclic) bond motifs is 5. The number of aromatic nitrogens is 1. The van der Waals surface area contributed by atoms with Crippen LogP contribution in [-0.4, -0.2) is 66.6 Å². The molecule has 2 aliphatic rings. The molecule has 4 aromatic rings. The Kier molecular flexibility index (Phi) is 7.09. The Hall–Kier alpha value is -4.46. The van der Waals surface area contributed by atoms with E-state index in [0.717, 1.165) is 39.0 Å². The summed E-state index contributed by atoms with van der Waals surface area (Å²) < 4.78 is 16.9. The number of carbonyl (C=O) groups excluding carboxylic acids is 2. The van der Waals surface area contributed by atoms with E-state index in [1.165, 1.54) is 0 Å². The molecule has 6 rings (SSSR count). The number of carbonyl (C=O) groups is 2. The SMILES string of the molecule is COc1ccc(CCN2CC(=O)N3C[C@@H](c4ccc(OC(C)C)c(OC)c4)c4c([nH]c5ccccc45)[C@@]3(C)C2=O)cc1. The van der Waals surface area contributed by atoms with Crippen LogP contribution in [0.5, 0.6) is 17.2 Å². The van der Waals surface area contributed by atoms with Gasteiger partial charge in [-0.05, 0) is 74.2 Å². The van der Waals surface area contributed by atoms with Gasteiger partial charge in [0.2, 0.25) is 5.91 Å². The second-order valence-electron chi connectivity index (χ2n) is 11.5. The fourth-order valence-corrected chi connectivity index (χ4v) is 6.46. The van der Waals surface area contributed by atoms with Gasteiger partial charge in [0.1, 0.15) is 5.75 Å². The summed E-state index contributed by atoms with van der Waals surface area (Å²) in [6.45, 7) is 6.73. The minimum atomic E-state index is -1.15. The summed E-state index contributed by atoms with van der Waals surface area (Å²) in [5.74, 6) is 1.81. The molecule has 3 aromatic carbocycles. The van der Waals surface area contributed by atoms with E-state index in [-0.39, 0.29) is 30.4 Å². The molecule has 2 atom stereocenters. The molecule has 1 N–H and O–H groups in total. The first kappa shape index (κ1) is 27.7. The van der Waals surface area contributed by atoms with E-state index < -0.39 is 5.54 Å². The third kappa shape index (κ3) is 4.55. The molecule has 8 nitrogen and oxygen atoms in total. The average molecular weight is 568 g/mol.